The maximum atomic E-state index is 11.7. The first-order chi connectivity index (χ1) is 10.4. The number of carbonyl (C=O) groups is 4. The Hall–Kier alpha value is -2.90. The molecule has 2 atom stereocenters. The number of aliphatic carboxylic acids is 2. The van der Waals surface area contributed by atoms with E-state index >= 15 is 0 Å². The van der Waals surface area contributed by atoms with Crippen molar-refractivity contribution in [3.8, 4) is 0 Å². The van der Waals surface area contributed by atoms with Crippen molar-refractivity contribution in [3.63, 3.8) is 0 Å². The number of hydrogen-bond acceptors (Lipinski definition) is 6. The molecule has 0 bridgehead atoms. The summed E-state index contributed by atoms with van der Waals surface area (Å²) in [6.45, 7) is 0. The summed E-state index contributed by atoms with van der Waals surface area (Å²) in [5, 5.41) is 26.8. The Morgan fingerprint density at radius 2 is 1.27 bits per heavy atom. The van der Waals surface area contributed by atoms with Crippen molar-refractivity contribution in [1.82, 2.24) is 0 Å². The number of rotatable bonds is 2. The first kappa shape index (κ1) is 14.1. The minimum Gasteiger partial charge on any atom is -0.549 e. The maximum absolute atomic E-state index is 11.7. The summed E-state index contributed by atoms with van der Waals surface area (Å²) < 4.78 is 0. The molecule has 114 valence electrons. The van der Waals surface area contributed by atoms with Crippen LogP contribution >= 0.6 is 0 Å². The van der Waals surface area contributed by atoms with E-state index in [1.54, 1.807) is 6.07 Å². The average Bonchev–Trinajstić information content (AvgIpc) is 2.43. The van der Waals surface area contributed by atoms with Gasteiger partial charge in [0.05, 0.1) is 23.8 Å². The van der Waals surface area contributed by atoms with E-state index in [1.165, 1.54) is 6.07 Å². The number of carboxylic acids is 2. The summed E-state index contributed by atoms with van der Waals surface area (Å²) in [6.07, 6.45) is -0.0819. The molecule has 1 aromatic rings. The number of amides is 2. The SMILES string of the molecule is O=C([O-])[C@H]1Cc2cc3c(cc2NC1=O)NC(=O)[C@@H](C(=O)[O-])C3. The van der Waals surface area contributed by atoms with Crippen LogP contribution in [0.3, 0.4) is 0 Å². The fraction of sp³-hybridized carbons (Fsp3) is 0.286. The van der Waals surface area contributed by atoms with Crippen molar-refractivity contribution < 1.29 is 29.4 Å². The highest BCUT2D eigenvalue weighted by molar-refractivity contribution is 6.09. The highest BCUT2D eigenvalue weighted by Gasteiger charge is 2.32. The molecule has 8 nitrogen and oxygen atoms in total. The van der Waals surface area contributed by atoms with Gasteiger partial charge in [0.15, 0.2) is 0 Å². The molecule has 2 aliphatic rings. The minimum atomic E-state index is -1.47. The maximum Gasteiger partial charge on any atom is 0.233 e. The van der Waals surface area contributed by atoms with Crippen molar-refractivity contribution >= 4 is 35.1 Å². The second-order valence-corrected chi connectivity index (χ2v) is 5.30. The summed E-state index contributed by atoms with van der Waals surface area (Å²) in [7, 11) is 0. The van der Waals surface area contributed by atoms with Crippen LogP contribution in [-0.2, 0) is 32.0 Å². The Labute approximate surface area is 124 Å². The Bertz CT molecular complexity index is 669. The largest absolute Gasteiger partial charge is 0.549 e. The van der Waals surface area contributed by atoms with Gasteiger partial charge in [-0.25, -0.2) is 0 Å². The van der Waals surface area contributed by atoms with Crippen LogP contribution in [0.25, 0.3) is 0 Å². The Balaban J connectivity index is 1.99. The smallest absolute Gasteiger partial charge is 0.233 e. The average molecular weight is 302 g/mol. The summed E-state index contributed by atoms with van der Waals surface area (Å²) >= 11 is 0. The highest BCUT2D eigenvalue weighted by atomic mass is 16.4. The first-order valence-electron chi connectivity index (χ1n) is 6.56. The number of fused-ring (bicyclic) bond motifs is 2. The van der Waals surface area contributed by atoms with Crippen molar-refractivity contribution in [3.05, 3.63) is 23.3 Å². The van der Waals surface area contributed by atoms with Crippen LogP contribution in [0.15, 0.2) is 12.1 Å². The van der Waals surface area contributed by atoms with Crippen molar-refractivity contribution in [2.45, 2.75) is 12.8 Å². The molecule has 0 spiro atoms. The van der Waals surface area contributed by atoms with Crippen LogP contribution in [0.2, 0.25) is 0 Å². The molecule has 1 aromatic carbocycles. The third kappa shape index (κ3) is 2.18. The highest BCUT2D eigenvalue weighted by Crippen LogP contribution is 2.34. The predicted octanol–water partition coefficient (Wildman–Crippen LogP) is -2.59. The molecule has 3 rings (SSSR count). The molecule has 0 aliphatic carbocycles. The Kier molecular flexibility index (Phi) is 3.09. The van der Waals surface area contributed by atoms with E-state index < -0.39 is 35.6 Å². The normalized spacial score (nSPS) is 22.9. The summed E-state index contributed by atoms with van der Waals surface area (Å²) in [5.41, 5.74) is 1.91. The zero-order valence-electron chi connectivity index (χ0n) is 11.2. The molecule has 0 radical (unpaired) electrons. The lowest BCUT2D eigenvalue weighted by molar-refractivity contribution is -0.311. The molecule has 0 fully saturated rings. The summed E-state index contributed by atoms with van der Waals surface area (Å²) in [6, 6.07) is 3.09. The van der Waals surface area contributed by atoms with E-state index in [1.807, 2.05) is 0 Å². The quantitative estimate of drug-likeness (QED) is 0.575. The van der Waals surface area contributed by atoms with E-state index in [0.717, 1.165) is 0 Å². The first-order valence-corrected chi connectivity index (χ1v) is 6.56. The Morgan fingerprint density at radius 3 is 1.64 bits per heavy atom. The fourth-order valence-corrected chi connectivity index (χ4v) is 2.71. The van der Waals surface area contributed by atoms with Gasteiger partial charge in [0, 0.05) is 11.4 Å². The number of nitrogens with one attached hydrogen (secondary N) is 2. The summed E-state index contributed by atoms with van der Waals surface area (Å²) in [4.78, 5) is 45.2. The van der Waals surface area contributed by atoms with E-state index in [9.17, 15) is 29.4 Å². The Morgan fingerprint density at radius 1 is 0.864 bits per heavy atom. The molecule has 0 saturated carbocycles. The van der Waals surface area contributed by atoms with E-state index in [-0.39, 0.29) is 12.8 Å². The van der Waals surface area contributed by atoms with Crippen molar-refractivity contribution in [2.24, 2.45) is 11.8 Å². The number of carboxylic acid groups (broad SMARTS) is 2. The van der Waals surface area contributed by atoms with Crippen LogP contribution in [0, 0.1) is 11.8 Å². The molecule has 0 aromatic heterocycles. The molecule has 2 heterocycles. The third-order valence-electron chi connectivity index (χ3n) is 3.89. The molecular formula is C14H10N2O6-2. The third-order valence-corrected chi connectivity index (χ3v) is 3.89. The molecule has 2 N–H and O–H groups in total. The standard InChI is InChI=1S/C14H12N2O6/c17-11-7(13(19)20)2-5-1-6-3-8(14(21)22)12(18)16-10(6)4-9(5)15-11/h1,4,7-8H,2-3H2,(H,15,17)(H,16,18)(H,19,20)(H,21,22)/p-2/t7-,8-/m0/s1. The van der Waals surface area contributed by atoms with E-state index in [0.29, 0.717) is 22.5 Å². The molecule has 22 heavy (non-hydrogen) atoms. The van der Waals surface area contributed by atoms with Crippen LogP contribution in [0.1, 0.15) is 11.1 Å². The zero-order valence-corrected chi connectivity index (χ0v) is 11.2. The minimum absolute atomic E-state index is 0.0410. The van der Waals surface area contributed by atoms with Crippen LogP contribution in [0.5, 0.6) is 0 Å². The lowest BCUT2D eigenvalue weighted by Crippen LogP contribution is -2.44. The summed E-state index contributed by atoms with van der Waals surface area (Å²) in [5.74, 6) is -6.88. The van der Waals surface area contributed by atoms with Crippen LogP contribution < -0.4 is 20.8 Å². The van der Waals surface area contributed by atoms with Crippen molar-refractivity contribution in [1.29, 1.82) is 0 Å². The molecule has 8 heteroatoms. The van der Waals surface area contributed by atoms with Gasteiger partial charge in [-0.2, -0.15) is 0 Å². The van der Waals surface area contributed by atoms with Crippen molar-refractivity contribution in [2.75, 3.05) is 10.6 Å². The van der Waals surface area contributed by atoms with Gasteiger partial charge in [-0.05, 0) is 30.0 Å². The molecular weight excluding hydrogens is 292 g/mol. The number of hydrogen-bond donors (Lipinski definition) is 2. The second kappa shape index (κ2) is 4.83. The molecule has 2 amide bonds. The van der Waals surface area contributed by atoms with Gasteiger partial charge in [0.25, 0.3) is 0 Å². The van der Waals surface area contributed by atoms with Crippen LogP contribution in [-0.4, -0.2) is 23.8 Å². The lowest BCUT2D eigenvalue weighted by atomic mass is 9.87. The number of carbonyl (C=O) groups excluding carboxylic acids is 4. The molecule has 0 saturated heterocycles. The van der Waals surface area contributed by atoms with Gasteiger partial charge in [-0.15, -0.1) is 0 Å². The van der Waals surface area contributed by atoms with Gasteiger partial charge in [-0.1, -0.05) is 6.07 Å². The van der Waals surface area contributed by atoms with Gasteiger partial charge in [-0.3, -0.25) is 9.59 Å². The monoisotopic (exact) mass is 302 g/mol. The fourth-order valence-electron chi connectivity index (χ4n) is 2.71. The predicted molar refractivity (Wildman–Crippen MR) is 68.1 cm³/mol. The molecule has 0 unspecified atom stereocenters. The zero-order chi connectivity index (χ0) is 16.0. The van der Waals surface area contributed by atoms with Gasteiger partial charge < -0.3 is 30.4 Å². The number of anilines is 2. The van der Waals surface area contributed by atoms with Gasteiger partial charge in [0.2, 0.25) is 11.8 Å². The molecule has 2 aliphatic heterocycles. The van der Waals surface area contributed by atoms with E-state index in [2.05, 4.69) is 10.6 Å². The lowest BCUT2D eigenvalue weighted by Gasteiger charge is -2.30. The van der Waals surface area contributed by atoms with Gasteiger partial charge in [0.1, 0.15) is 0 Å². The van der Waals surface area contributed by atoms with Gasteiger partial charge >= 0.3 is 0 Å². The topological polar surface area (TPSA) is 138 Å². The second-order valence-electron chi connectivity index (χ2n) is 5.30. The van der Waals surface area contributed by atoms with Crippen LogP contribution in [0.4, 0.5) is 11.4 Å². The number of benzene rings is 1. The van der Waals surface area contributed by atoms with E-state index in [4.69, 9.17) is 0 Å².